The maximum atomic E-state index is 12.8. The fourth-order valence-electron chi connectivity index (χ4n) is 3.86. The number of benzene rings is 1. The number of carbonyl (C=O) groups excluding carboxylic acids is 1. The lowest BCUT2D eigenvalue weighted by atomic mass is 9.98. The zero-order valence-corrected chi connectivity index (χ0v) is 19.8. The molecule has 3 heterocycles. The number of fused-ring (bicyclic) bond motifs is 1. The number of amides is 1. The van der Waals surface area contributed by atoms with Crippen LogP contribution in [0, 0.1) is 34.6 Å². The van der Waals surface area contributed by atoms with Crippen LogP contribution in [0.1, 0.15) is 33.6 Å². The molecule has 0 saturated heterocycles. The average Bonchev–Trinajstić information content (AvgIpc) is 3.25. The third-order valence-electron chi connectivity index (χ3n) is 5.42. The highest BCUT2D eigenvalue weighted by Crippen LogP contribution is 2.31. The smallest absolute Gasteiger partial charge is 0.262 e. The highest BCUT2D eigenvalue weighted by atomic mass is 32.1. The van der Waals surface area contributed by atoms with E-state index in [9.17, 15) is 9.59 Å². The second-order valence-electron chi connectivity index (χ2n) is 7.82. The zero-order chi connectivity index (χ0) is 22.3. The van der Waals surface area contributed by atoms with E-state index in [-0.39, 0.29) is 24.4 Å². The van der Waals surface area contributed by atoms with E-state index in [1.54, 1.807) is 0 Å². The first-order valence-electron chi connectivity index (χ1n) is 10.0. The minimum Gasteiger partial charge on any atom is -0.302 e. The second kappa shape index (κ2) is 8.36. The molecule has 0 spiro atoms. The summed E-state index contributed by atoms with van der Waals surface area (Å²) >= 11 is 2.92. The molecule has 6 nitrogen and oxygen atoms in total. The molecule has 0 aliphatic rings. The van der Waals surface area contributed by atoms with E-state index in [2.05, 4.69) is 48.2 Å². The summed E-state index contributed by atoms with van der Waals surface area (Å²) in [5, 5.41) is 6.03. The Morgan fingerprint density at radius 3 is 2.55 bits per heavy atom. The van der Waals surface area contributed by atoms with Crippen LogP contribution in [0.5, 0.6) is 0 Å². The topological polar surface area (TPSA) is 76.9 Å². The summed E-state index contributed by atoms with van der Waals surface area (Å²) in [5.41, 5.74) is 6.40. The third-order valence-corrected chi connectivity index (χ3v) is 7.29. The van der Waals surface area contributed by atoms with Gasteiger partial charge in [-0.2, -0.15) is 0 Å². The summed E-state index contributed by atoms with van der Waals surface area (Å²) < 4.78 is 1.51. The van der Waals surface area contributed by atoms with Crippen molar-refractivity contribution >= 4 is 43.9 Å². The molecule has 8 heteroatoms. The van der Waals surface area contributed by atoms with Gasteiger partial charge in [0.1, 0.15) is 4.83 Å². The number of thiazole rings is 1. The van der Waals surface area contributed by atoms with Gasteiger partial charge < -0.3 is 5.32 Å². The highest BCUT2D eigenvalue weighted by molar-refractivity contribution is 7.18. The average molecular weight is 453 g/mol. The summed E-state index contributed by atoms with van der Waals surface area (Å²) in [5.74, 6) is -0.177. The summed E-state index contributed by atoms with van der Waals surface area (Å²) in [7, 11) is 0. The van der Waals surface area contributed by atoms with Crippen LogP contribution in [0.2, 0.25) is 0 Å². The molecule has 1 amide bonds. The van der Waals surface area contributed by atoms with Crippen LogP contribution < -0.4 is 10.9 Å². The van der Waals surface area contributed by atoms with Crippen molar-refractivity contribution < 1.29 is 4.79 Å². The van der Waals surface area contributed by atoms with Crippen LogP contribution in [-0.4, -0.2) is 20.4 Å². The number of anilines is 1. The molecule has 0 aliphatic carbocycles. The molecule has 0 unspecified atom stereocenters. The van der Waals surface area contributed by atoms with E-state index in [1.165, 1.54) is 50.3 Å². The van der Waals surface area contributed by atoms with E-state index in [4.69, 9.17) is 0 Å². The van der Waals surface area contributed by atoms with Gasteiger partial charge in [-0.15, -0.1) is 22.7 Å². The van der Waals surface area contributed by atoms with Gasteiger partial charge in [-0.1, -0.05) is 17.7 Å². The van der Waals surface area contributed by atoms with Crippen molar-refractivity contribution in [3.05, 3.63) is 61.3 Å². The number of rotatable bonds is 5. The molecule has 0 bridgehead atoms. The van der Waals surface area contributed by atoms with Crippen molar-refractivity contribution in [2.75, 3.05) is 5.32 Å². The predicted octanol–water partition coefficient (Wildman–Crippen LogP) is 5.15. The number of aryl methyl sites for hydroxylation is 6. The van der Waals surface area contributed by atoms with Crippen LogP contribution in [0.25, 0.3) is 21.5 Å². The standard InChI is InChI=1S/C23H24N4O2S2/c1-12-8-13(2)19(14(3)9-12)17-10-30-23(25-17)26-18(28)6-7-27-11-24-21-20(22(27)29)15(4)16(5)31-21/h8-11H,6-7H2,1-5H3,(H,25,26,28). The molecule has 31 heavy (non-hydrogen) atoms. The van der Waals surface area contributed by atoms with Crippen LogP contribution in [0.15, 0.2) is 28.6 Å². The quantitative estimate of drug-likeness (QED) is 0.454. The summed E-state index contributed by atoms with van der Waals surface area (Å²) in [4.78, 5) is 36.1. The van der Waals surface area contributed by atoms with E-state index < -0.39 is 0 Å². The Kier molecular flexibility index (Phi) is 5.77. The Bertz CT molecular complexity index is 1340. The molecule has 3 aromatic heterocycles. The minimum absolute atomic E-state index is 0.0958. The molecule has 0 fully saturated rings. The van der Waals surface area contributed by atoms with Gasteiger partial charge in [-0.3, -0.25) is 14.2 Å². The fraction of sp³-hybridized carbons (Fsp3) is 0.304. The van der Waals surface area contributed by atoms with E-state index in [0.717, 1.165) is 26.5 Å². The monoisotopic (exact) mass is 452 g/mol. The van der Waals surface area contributed by atoms with Gasteiger partial charge in [-0.25, -0.2) is 9.97 Å². The molecule has 1 aromatic carbocycles. The zero-order valence-electron chi connectivity index (χ0n) is 18.2. The molecule has 0 saturated carbocycles. The van der Waals surface area contributed by atoms with Crippen molar-refractivity contribution in [3.63, 3.8) is 0 Å². The lowest BCUT2D eigenvalue weighted by Crippen LogP contribution is -2.23. The van der Waals surface area contributed by atoms with Gasteiger partial charge in [0.05, 0.1) is 17.4 Å². The molecule has 0 radical (unpaired) electrons. The number of aromatic nitrogens is 3. The van der Waals surface area contributed by atoms with Crippen LogP contribution in [-0.2, 0) is 11.3 Å². The summed E-state index contributed by atoms with van der Waals surface area (Å²) in [6.45, 7) is 10.4. The molecular formula is C23H24N4O2S2. The van der Waals surface area contributed by atoms with Gasteiger partial charge in [0.15, 0.2) is 5.13 Å². The first-order valence-corrected chi connectivity index (χ1v) is 11.7. The maximum absolute atomic E-state index is 12.8. The van der Waals surface area contributed by atoms with Gasteiger partial charge in [0.25, 0.3) is 5.56 Å². The molecule has 0 atom stereocenters. The highest BCUT2D eigenvalue weighted by Gasteiger charge is 2.14. The van der Waals surface area contributed by atoms with Gasteiger partial charge in [-0.05, 0) is 51.3 Å². The number of hydrogen-bond donors (Lipinski definition) is 1. The largest absolute Gasteiger partial charge is 0.302 e. The second-order valence-corrected chi connectivity index (χ2v) is 9.88. The van der Waals surface area contributed by atoms with Crippen molar-refractivity contribution in [1.29, 1.82) is 0 Å². The van der Waals surface area contributed by atoms with Crippen LogP contribution in [0.4, 0.5) is 5.13 Å². The molecule has 4 rings (SSSR count). The number of nitrogens with one attached hydrogen (secondary N) is 1. The van der Waals surface area contributed by atoms with E-state index >= 15 is 0 Å². The summed E-state index contributed by atoms with van der Waals surface area (Å²) in [6, 6.07) is 4.28. The SMILES string of the molecule is Cc1cc(C)c(-c2csc(NC(=O)CCn3cnc4sc(C)c(C)c4c3=O)n2)c(C)c1. The molecule has 1 N–H and O–H groups in total. The molecular weight excluding hydrogens is 428 g/mol. The molecule has 160 valence electrons. The Hall–Kier alpha value is -2.84. The summed E-state index contributed by atoms with van der Waals surface area (Å²) in [6.07, 6.45) is 1.70. The van der Waals surface area contributed by atoms with E-state index in [1.807, 2.05) is 19.2 Å². The van der Waals surface area contributed by atoms with E-state index in [0.29, 0.717) is 10.5 Å². The van der Waals surface area contributed by atoms with Crippen molar-refractivity contribution in [1.82, 2.24) is 14.5 Å². The molecule has 4 aromatic rings. The van der Waals surface area contributed by atoms with Gasteiger partial charge in [0.2, 0.25) is 5.91 Å². The predicted molar refractivity (Wildman–Crippen MR) is 128 cm³/mol. The normalized spacial score (nSPS) is 11.3. The van der Waals surface area contributed by atoms with Crippen LogP contribution in [0.3, 0.4) is 0 Å². The van der Waals surface area contributed by atoms with Crippen molar-refractivity contribution in [3.8, 4) is 11.3 Å². The van der Waals surface area contributed by atoms with Gasteiger partial charge in [0, 0.05) is 28.8 Å². The van der Waals surface area contributed by atoms with Gasteiger partial charge >= 0.3 is 0 Å². The number of thiophene rings is 1. The molecule has 0 aliphatic heterocycles. The Morgan fingerprint density at radius 1 is 1.13 bits per heavy atom. The Balaban J connectivity index is 1.46. The first kappa shape index (κ1) is 21.4. The lowest BCUT2D eigenvalue weighted by molar-refractivity contribution is -0.116. The number of nitrogens with zero attached hydrogens (tertiary/aromatic N) is 3. The number of carbonyl (C=O) groups is 1. The Labute approximate surface area is 188 Å². The first-order chi connectivity index (χ1) is 14.7. The number of hydrogen-bond acceptors (Lipinski definition) is 6. The lowest BCUT2D eigenvalue weighted by Gasteiger charge is -2.09. The fourth-order valence-corrected chi connectivity index (χ4v) is 5.57. The maximum Gasteiger partial charge on any atom is 0.262 e. The third kappa shape index (κ3) is 4.18. The minimum atomic E-state index is -0.177. The van der Waals surface area contributed by atoms with Crippen molar-refractivity contribution in [2.24, 2.45) is 0 Å². The Morgan fingerprint density at radius 2 is 1.84 bits per heavy atom. The van der Waals surface area contributed by atoms with Crippen molar-refractivity contribution in [2.45, 2.75) is 47.6 Å². The van der Waals surface area contributed by atoms with Crippen LogP contribution >= 0.6 is 22.7 Å².